The molecule has 1 heterocycles. The zero-order valence-corrected chi connectivity index (χ0v) is 9.56. The molecule has 0 fully saturated rings. The Morgan fingerprint density at radius 3 is 2.71 bits per heavy atom. The quantitative estimate of drug-likeness (QED) is 0.638. The molecule has 74 valence electrons. The van der Waals surface area contributed by atoms with Gasteiger partial charge in [0.1, 0.15) is 5.69 Å². The van der Waals surface area contributed by atoms with Gasteiger partial charge in [-0.3, -0.25) is 0 Å². The molecule has 3 heteroatoms. The van der Waals surface area contributed by atoms with Gasteiger partial charge in [0.25, 0.3) is 5.11 Å². The smallest absolute Gasteiger partial charge is 0.276 e. The summed E-state index contributed by atoms with van der Waals surface area (Å²) in [6, 6.07) is 8.89. The van der Waals surface area contributed by atoms with E-state index < -0.39 is 0 Å². The predicted molar refractivity (Wildman–Crippen MR) is 61.8 cm³/mol. The topological polar surface area (TPSA) is 7.68 Å². The summed E-state index contributed by atoms with van der Waals surface area (Å²) in [5.74, 6) is 0. The highest BCUT2D eigenvalue weighted by Crippen LogP contribution is 2.26. The van der Waals surface area contributed by atoms with Gasteiger partial charge in [-0.15, -0.1) is 0 Å². The zero-order chi connectivity index (χ0) is 10.3. The van der Waals surface area contributed by atoms with E-state index in [4.69, 9.17) is 12.2 Å². The average molecular weight is 207 g/mol. The minimum absolute atomic E-state index is 0.391. The molecule has 1 aliphatic heterocycles. The molecule has 0 saturated carbocycles. The Hall–Kier alpha value is -0.930. The van der Waals surface area contributed by atoms with Crippen molar-refractivity contribution in [1.82, 2.24) is 4.90 Å². The maximum absolute atomic E-state index is 5.39. The molecule has 2 rings (SSSR count). The number of fused-ring (bicyclic) bond motifs is 1. The van der Waals surface area contributed by atoms with E-state index >= 15 is 0 Å². The van der Waals surface area contributed by atoms with Crippen molar-refractivity contribution >= 4 is 23.0 Å². The number of thiocarbonyl (C=S) groups is 1. The largest absolute Gasteiger partial charge is 0.314 e. The van der Waals surface area contributed by atoms with Gasteiger partial charge in [-0.1, -0.05) is 18.2 Å². The van der Waals surface area contributed by atoms with Crippen LogP contribution in [-0.4, -0.2) is 24.1 Å². The molecule has 2 unspecified atom stereocenters. The molecular formula is C11H15N2S+. The first-order valence-corrected chi connectivity index (χ1v) is 5.23. The fourth-order valence-electron chi connectivity index (χ4n) is 1.97. The summed E-state index contributed by atoms with van der Waals surface area (Å²) >= 11 is 5.39. The lowest BCUT2D eigenvalue weighted by atomic mass is 10.0. The van der Waals surface area contributed by atoms with Crippen molar-refractivity contribution < 1.29 is 4.90 Å². The second kappa shape index (κ2) is 3.33. The standard InChI is InChI=1S/C11H14N2S/c1-8-9-6-4-5-7-10(9)13(3)11(14)12(8)2/h4-8H,1-3H3/p+1. The van der Waals surface area contributed by atoms with Gasteiger partial charge in [0.2, 0.25) is 0 Å². The molecule has 1 aliphatic rings. The van der Waals surface area contributed by atoms with Crippen molar-refractivity contribution in [3.05, 3.63) is 29.8 Å². The van der Waals surface area contributed by atoms with Crippen LogP contribution in [0.2, 0.25) is 0 Å². The van der Waals surface area contributed by atoms with Crippen molar-refractivity contribution in [1.29, 1.82) is 0 Å². The van der Waals surface area contributed by atoms with Gasteiger partial charge in [0.05, 0.1) is 13.1 Å². The van der Waals surface area contributed by atoms with Crippen LogP contribution in [0.1, 0.15) is 18.5 Å². The molecule has 0 spiro atoms. The second-order valence-electron chi connectivity index (χ2n) is 3.80. The molecule has 0 aliphatic carbocycles. The van der Waals surface area contributed by atoms with Crippen molar-refractivity contribution in [2.45, 2.75) is 13.0 Å². The molecule has 0 saturated heterocycles. The first kappa shape index (κ1) is 9.62. The summed E-state index contributed by atoms with van der Waals surface area (Å²) in [5.41, 5.74) is 2.68. The molecule has 0 radical (unpaired) electrons. The molecule has 1 aromatic rings. The van der Waals surface area contributed by atoms with Crippen molar-refractivity contribution in [2.24, 2.45) is 0 Å². The van der Waals surface area contributed by atoms with Crippen LogP contribution in [0, 0.1) is 0 Å². The van der Waals surface area contributed by atoms with Crippen LogP contribution in [0.15, 0.2) is 24.3 Å². The molecule has 0 bridgehead atoms. The first-order valence-electron chi connectivity index (χ1n) is 4.83. The SMILES string of the molecule is CC1c2ccccc2[NH+](C)C(=S)N1C. The Morgan fingerprint density at radius 1 is 1.36 bits per heavy atom. The van der Waals surface area contributed by atoms with Crippen LogP contribution in [0.25, 0.3) is 0 Å². The molecule has 1 N–H and O–H groups in total. The second-order valence-corrected chi connectivity index (χ2v) is 4.19. The normalized spacial score (nSPS) is 26.2. The molecule has 0 amide bonds. The lowest BCUT2D eigenvalue weighted by Gasteiger charge is -2.35. The van der Waals surface area contributed by atoms with Crippen LogP contribution in [0.3, 0.4) is 0 Å². The van der Waals surface area contributed by atoms with Crippen molar-refractivity contribution in [3.8, 4) is 0 Å². The van der Waals surface area contributed by atoms with E-state index in [1.54, 1.807) is 0 Å². The Labute approximate surface area is 90.1 Å². The molecule has 1 aromatic carbocycles. The lowest BCUT2D eigenvalue weighted by molar-refractivity contribution is -0.712. The predicted octanol–water partition coefficient (Wildman–Crippen LogP) is 1.12. The van der Waals surface area contributed by atoms with Gasteiger partial charge in [0, 0.05) is 24.8 Å². The van der Waals surface area contributed by atoms with Gasteiger partial charge in [-0.05, 0) is 13.0 Å². The Morgan fingerprint density at radius 2 is 2.00 bits per heavy atom. The van der Waals surface area contributed by atoms with Crippen LogP contribution >= 0.6 is 12.2 Å². The average Bonchev–Trinajstić information content (AvgIpc) is 2.23. The van der Waals surface area contributed by atoms with Gasteiger partial charge in [0.15, 0.2) is 0 Å². The van der Waals surface area contributed by atoms with E-state index in [1.165, 1.54) is 16.2 Å². The number of hydrogen-bond acceptors (Lipinski definition) is 1. The monoisotopic (exact) mass is 207 g/mol. The number of nitrogens with one attached hydrogen (secondary N) is 1. The number of quaternary nitrogens is 1. The highest BCUT2D eigenvalue weighted by molar-refractivity contribution is 7.79. The number of rotatable bonds is 0. The first-order chi connectivity index (χ1) is 6.63. The highest BCUT2D eigenvalue weighted by Gasteiger charge is 2.32. The van der Waals surface area contributed by atoms with Gasteiger partial charge in [-0.25, -0.2) is 4.90 Å². The molecule has 14 heavy (non-hydrogen) atoms. The molecule has 2 nitrogen and oxygen atoms in total. The third-order valence-corrected chi connectivity index (χ3v) is 3.63. The van der Waals surface area contributed by atoms with Gasteiger partial charge >= 0.3 is 0 Å². The Bertz CT molecular complexity index is 375. The Balaban J connectivity index is 2.56. The fraction of sp³-hybridized carbons (Fsp3) is 0.364. The summed E-state index contributed by atoms with van der Waals surface area (Å²) in [4.78, 5) is 3.38. The Kier molecular flexibility index (Phi) is 2.29. The molecule has 0 aromatic heterocycles. The van der Waals surface area contributed by atoms with E-state index in [0.29, 0.717) is 6.04 Å². The third kappa shape index (κ3) is 1.24. The van der Waals surface area contributed by atoms with Crippen LogP contribution in [0.4, 0.5) is 5.69 Å². The van der Waals surface area contributed by atoms with Gasteiger partial charge < -0.3 is 4.90 Å². The van der Waals surface area contributed by atoms with E-state index in [0.717, 1.165) is 5.11 Å². The summed E-state index contributed by atoms with van der Waals surface area (Å²) in [6.45, 7) is 2.19. The van der Waals surface area contributed by atoms with Crippen molar-refractivity contribution in [3.63, 3.8) is 0 Å². The van der Waals surface area contributed by atoms with Crippen LogP contribution < -0.4 is 4.90 Å². The minimum Gasteiger partial charge on any atom is -0.314 e. The summed E-state index contributed by atoms with van der Waals surface area (Å²) in [6.07, 6.45) is 0. The van der Waals surface area contributed by atoms with Crippen LogP contribution in [0.5, 0.6) is 0 Å². The minimum atomic E-state index is 0.391. The van der Waals surface area contributed by atoms with Crippen LogP contribution in [-0.2, 0) is 0 Å². The maximum atomic E-state index is 5.39. The van der Waals surface area contributed by atoms with E-state index in [-0.39, 0.29) is 0 Å². The molecular weight excluding hydrogens is 192 g/mol. The number of para-hydroxylation sites is 1. The highest BCUT2D eigenvalue weighted by atomic mass is 32.1. The summed E-state index contributed by atoms with van der Waals surface area (Å²) in [7, 11) is 4.16. The number of hydrogen-bond donors (Lipinski definition) is 1. The van der Waals surface area contributed by atoms with Gasteiger partial charge in [-0.2, -0.15) is 0 Å². The third-order valence-electron chi connectivity index (χ3n) is 3.04. The van der Waals surface area contributed by atoms with E-state index in [2.05, 4.69) is 50.2 Å². The van der Waals surface area contributed by atoms with E-state index in [1.807, 2.05) is 0 Å². The fourth-order valence-corrected chi connectivity index (χ4v) is 2.24. The summed E-state index contributed by atoms with van der Waals surface area (Å²) < 4.78 is 0. The molecule has 2 atom stereocenters. The summed E-state index contributed by atoms with van der Waals surface area (Å²) in [5, 5.41) is 0.969. The maximum Gasteiger partial charge on any atom is 0.276 e. The van der Waals surface area contributed by atoms with E-state index in [9.17, 15) is 0 Å². The van der Waals surface area contributed by atoms with Crippen molar-refractivity contribution in [2.75, 3.05) is 14.1 Å². The zero-order valence-electron chi connectivity index (χ0n) is 8.74. The lowest BCUT2D eigenvalue weighted by Crippen LogP contribution is -3.09. The number of nitrogens with zero attached hydrogens (tertiary/aromatic N) is 1. The number of benzene rings is 1.